The van der Waals surface area contributed by atoms with Gasteiger partial charge in [-0.2, -0.15) is 0 Å². The second-order valence-corrected chi connectivity index (χ2v) is 6.87. The summed E-state index contributed by atoms with van der Waals surface area (Å²) in [6.07, 6.45) is 6.93. The summed E-state index contributed by atoms with van der Waals surface area (Å²) in [6.45, 7) is 2.19. The van der Waals surface area contributed by atoms with Crippen LogP contribution in [0.3, 0.4) is 0 Å². The third kappa shape index (κ3) is 2.43. The Bertz CT molecular complexity index is 1090. The number of methoxy groups -OCH3 is 1. The van der Waals surface area contributed by atoms with Crippen molar-refractivity contribution >= 4 is 21.8 Å². The molecule has 1 fully saturated rings. The van der Waals surface area contributed by atoms with Crippen molar-refractivity contribution in [1.82, 2.24) is 14.1 Å². The molecule has 0 bridgehead atoms. The summed E-state index contributed by atoms with van der Waals surface area (Å²) in [7, 11) is 1.60. The van der Waals surface area contributed by atoms with Crippen LogP contribution < -0.4 is 16.0 Å². The van der Waals surface area contributed by atoms with Crippen LogP contribution in [0.5, 0.6) is 5.75 Å². The van der Waals surface area contributed by atoms with Crippen LogP contribution in [0.25, 0.3) is 21.8 Å². The van der Waals surface area contributed by atoms with E-state index >= 15 is 0 Å². The van der Waals surface area contributed by atoms with E-state index in [1.165, 1.54) is 11.0 Å². The molecule has 0 saturated heterocycles. The van der Waals surface area contributed by atoms with Gasteiger partial charge in [0, 0.05) is 24.2 Å². The van der Waals surface area contributed by atoms with Crippen LogP contribution in [0.15, 0.2) is 34.0 Å². The average Bonchev–Trinajstić information content (AvgIpc) is 2.68. The predicted octanol–water partition coefficient (Wildman–Crippen LogP) is 3.25. The van der Waals surface area contributed by atoms with Gasteiger partial charge in [-0.25, -0.2) is 4.79 Å². The average molecular weight is 353 g/mol. The van der Waals surface area contributed by atoms with Crippen LogP contribution >= 0.6 is 0 Å². The lowest BCUT2D eigenvalue weighted by molar-refractivity contribution is 0.344. The standard InChI is InChI=1S/C20H23N3O3/c1-3-22-19(24)15-12-21-17-14(10-7-11-16(17)26-2)18(15)23(20(22)25)13-8-5-4-6-9-13/h7,10-13H,3-6,8-9H2,1-2H3. The molecule has 0 N–H and O–H groups in total. The Balaban J connectivity index is 2.19. The number of ether oxygens (including phenoxy) is 1. The zero-order chi connectivity index (χ0) is 18.3. The van der Waals surface area contributed by atoms with E-state index in [0.29, 0.717) is 28.7 Å². The molecule has 6 heteroatoms. The summed E-state index contributed by atoms with van der Waals surface area (Å²) in [5.41, 5.74) is 0.893. The Kier molecular flexibility index (Phi) is 4.26. The molecule has 2 heterocycles. The lowest BCUT2D eigenvalue weighted by atomic mass is 9.94. The van der Waals surface area contributed by atoms with E-state index in [4.69, 9.17) is 4.74 Å². The van der Waals surface area contributed by atoms with Crippen molar-refractivity contribution in [2.75, 3.05) is 7.11 Å². The van der Waals surface area contributed by atoms with Gasteiger partial charge in [0.1, 0.15) is 11.3 Å². The molecule has 0 spiro atoms. The zero-order valence-electron chi connectivity index (χ0n) is 15.2. The molecule has 1 aromatic carbocycles. The zero-order valence-corrected chi connectivity index (χ0v) is 15.2. The highest BCUT2D eigenvalue weighted by atomic mass is 16.5. The maximum atomic E-state index is 13.2. The number of pyridine rings is 1. The Hall–Kier alpha value is -2.63. The molecule has 6 nitrogen and oxygen atoms in total. The highest BCUT2D eigenvalue weighted by Crippen LogP contribution is 2.33. The van der Waals surface area contributed by atoms with Gasteiger partial charge in [0.2, 0.25) is 0 Å². The van der Waals surface area contributed by atoms with Gasteiger partial charge in [-0.1, -0.05) is 31.4 Å². The molecule has 0 aliphatic heterocycles. The molecule has 0 unspecified atom stereocenters. The number of hydrogen-bond donors (Lipinski definition) is 0. The number of aromatic nitrogens is 3. The Labute approximate surface area is 151 Å². The molecular weight excluding hydrogens is 330 g/mol. The third-order valence-corrected chi connectivity index (χ3v) is 5.46. The largest absolute Gasteiger partial charge is 0.494 e. The van der Waals surface area contributed by atoms with Gasteiger partial charge in [-0.3, -0.25) is 18.9 Å². The minimum Gasteiger partial charge on any atom is -0.494 e. The summed E-state index contributed by atoms with van der Waals surface area (Å²) < 4.78 is 8.61. The van der Waals surface area contributed by atoms with E-state index in [0.717, 1.165) is 31.1 Å². The van der Waals surface area contributed by atoms with E-state index in [-0.39, 0.29) is 17.3 Å². The SMILES string of the molecule is CCn1c(=O)c2cnc3c(OC)cccc3c2n(C2CCCCC2)c1=O. The summed E-state index contributed by atoms with van der Waals surface area (Å²) in [4.78, 5) is 30.6. The summed E-state index contributed by atoms with van der Waals surface area (Å²) in [6, 6.07) is 5.76. The summed E-state index contributed by atoms with van der Waals surface area (Å²) in [5, 5.41) is 1.29. The first kappa shape index (κ1) is 16.8. The fourth-order valence-electron chi connectivity index (χ4n) is 4.18. The van der Waals surface area contributed by atoms with E-state index < -0.39 is 0 Å². The molecule has 1 saturated carbocycles. The van der Waals surface area contributed by atoms with Gasteiger partial charge in [-0.15, -0.1) is 0 Å². The highest BCUT2D eigenvalue weighted by molar-refractivity contribution is 6.04. The number of fused-ring (bicyclic) bond motifs is 3. The van der Waals surface area contributed by atoms with Crippen LogP contribution in [-0.2, 0) is 6.54 Å². The molecule has 4 rings (SSSR count). The molecular formula is C20H23N3O3. The number of nitrogens with zero attached hydrogens (tertiary/aromatic N) is 3. The number of benzene rings is 1. The highest BCUT2D eigenvalue weighted by Gasteiger charge is 2.23. The van der Waals surface area contributed by atoms with Crippen molar-refractivity contribution in [2.45, 2.75) is 51.6 Å². The Morgan fingerprint density at radius 3 is 2.62 bits per heavy atom. The third-order valence-electron chi connectivity index (χ3n) is 5.46. The normalized spacial score (nSPS) is 15.6. The molecule has 136 valence electrons. The van der Waals surface area contributed by atoms with Gasteiger partial charge in [0.15, 0.2) is 0 Å². The second kappa shape index (κ2) is 6.59. The number of hydrogen-bond acceptors (Lipinski definition) is 4. The Morgan fingerprint density at radius 1 is 1.15 bits per heavy atom. The first-order valence-electron chi connectivity index (χ1n) is 9.28. The van der Waals surface area contributed by atoms with Gasteiger partial charge in [0.05, 0.1) is 18.0 Å². The molecule has 1 aliphatic rings. The summed E-state index contributed by atoms with van der Waals surface area (Å²) in [5.74, 6) is 0.645. The summed E-state index contributed by atoms with van der Waals surface area (Å²) >= 11 is 0. The van der Waals surface area contributed by atoms with Gasteiger partial charge in [0.25, 0.3) is 5.56 Å². The fourth-order valence-corrected chi connectivity index (χ4v) is 4.18. The first-order valence-corrected chi connectivity index (χ1v) is 9.28. The second-order valence-electron chi connectivity index (χ2n) is 6.87. The van der Waals surface area contributed by atoms with E-state index in [2.05, 4.69) is 4.98 Å². The minimum atomic E-state index is -0.267. The van der Waals surface area contributed by atoms with E-state index in [1.807, 2.05) is 29.7 Å². The van der Waals surface area contributed by atoms with Crippen molar-refractivity contribution in [3.8, 4) is 5.75 Å². The van der Waals surface area contributed by atoms with Crippen molar-refractivity contribution in [2.24, 2.45) is 0 Å². The molecule has 0 radical (unpaired) electrons. The van der Waals surface area contributed by atoms with Crippen LogP contribution in [0.1, 0.15) is 45.1 Å². The maximum Gasteiger partial charge on any atom is 0.331 e. The minimum absolute atomic E-state index is 0.119. The maximum absolute atomic E-state index is 13.2. The fraction of sp³-hybridized carbons (Fsp3) is 0.450. The molecule has 1 aliphatic carbocycles. The molecule has 0 atom stereocenters. The molecule has 3 aromatic rings. The first-order chi connectivity index (χ1) is 12.7. The van der Waals surface area contributed by atoms with Crippen LogP contribution in [0.2, 0.25) is 0 Å². The van der Waals surface area contributed by atoms with Crippen LogP contribution in [-0.4, -0.2) is 21.2 Å². The smallest absolute Gasteiger partial charge is 0.331 e. The van der Waals surface area contributed by atoms with Gasteiger partial charge >= 0.3 is 5.69 Å². The monoisotopic (exact) mass is 353 g/mol. The number of para-hydroxylation sites is 1. The lowest BCUT2D eigenvalue weighted by Gasteiger charge is -2.26. The molecule has 26 heavy (non-hydrogen) atoms. The molecule has 0 amide bonds. The van der Waals surface area contributed by atoms with Crippen molar-refractivity contribution < 1.29 is 4.74 Å². The van der Waals surface area contributed by atoms with Gasteiger partial charge < -0.3 is 4.74 Å². The van der Waals surface area contributed by atoms with Crippen molar-refractivity contribution in [3.05, 3.63) is 45.2 Å². The topological polar surface area (TPSA) is 66.1 Å². The lowest BCUT2D eigenvalue weighted by Crippen LogP contribution is -2.41. The number of rotatable bonds is 3. The van der Waals surface area contributed by atoms with Crippen LogP contribution in [0.4, 0.5) is 0 Å². The quantitative estimate of drug-likeness (QED) is 0.678. The molecule has 2 aromatic heterocycles. The Morgan fingerprint density at radius 2 is 1.92 bits per heavy atom. The van der Waals surface area contributed by atoms with Crippen molar-refractivity contribution in [1.29, 1.82) is 0 Å². The van der Waals surface area contributed by atoms with E-state index in [9.17, 15) is 9.59 Å². The van der Waals surface area contributed by atoms with Crippen LogP contribution in [0, 0.1) is 0 Å². The predicted molar refractivity (Wildman–Crippen MR) is 102 cm³/mol. The van der Waals surface area contributed by atoms with Gasteiger partial charge in [-0.05, 0) is 25.8 Å². The van der Waals surface area contributed by atoms with E-state index in [1.54, 1.807) is 13.3 Å². The van der Waals surface area contributed by atoms with Crippen molar-refractivity contribution in [3.63, 3.8) is 0 Å².